The molecule has 1 N–H and O–H groups in total. The molecule has 2 aromatic rings. The second-order valence-corrected chi connectivity index (χ2v) is 5.44. The molecular weight excluding hydrogens is 277 g/mol. The number of halogens is 2. The van der Waals surface area contributed by atoms with Crippen LogP contribution in [0.1, 0.15) is 29.7 Å². The summed E-state index contributed by atoms with van der Waals surface area (Å²) in [5, 5.41) is 3.40. The molecule has 0 amide bonds. The van der Waals surface area contributed by atoms with Crippen molar-refractivity contribution in [2.45, 2.75) is 32.6 Å². The summed E-state index contributed by atoms with van der Waals surface area (Å²) in [6, 6.07) is 4.88. The zero-order valence-corrected chi connectivity index (χ0v) is 12.0. The molecule has 0 spiro atoms. The summed E-state index contributed by atoms with van der Waals surface area (Å²) in [5.41, 5.74) is 3.36. The first-order valence-electron chi connectivity index (χ1n) is 6.72. The van der Waals surface area contributed by atoms with E-state index in [0.717, 1.165) is 42.5 Å². The van der Waals surface area contributed by atoms with E-state index in [-0.39, 0.29) is 5.82 Å². The van der Waals surface area contributed by atoms with Gasteiger partial charge in [0.15, 0.2) is 0 Å². The molecule has 0 radical (unpaired) electrons. The summed E-state index contributed by atoms with van der Waals surface area (Å²) in [7, 11) is 0. The largest absolute Gasteiger partial charge is 0.322 e. The highest BCUT2D eigenvalue weighted by Gasteiger charge is 2.17. The Morgan fingerprint density at radius 3 is 2.85 bits per heavy atom. The van der Waals surface area contributed by atoms with Crippen LogP contribution in [0.5, 0.6) is 0 Å². The first-order valence-corrected chi connectivity index (χ1v) is 7.10. The van der Waals surface area contributed by atoms with Crippen LogP contribution >= 0.6 is 11.6 Å². The number of aromatic nitrogens is 2. The lowest BCUT2D eigenvalue weighted by Crippen LogP contribution is -2.10. The van der Waals surface area contributed by atoms with Crippen LogP contribution < -0.4 is 5.32 Å². The van der Waals surface area contributed by atoms with Crippen molar-refractivity contribution in [1.82, 2.24) is 9.97 Å². The van der Waals surface area contributed by atoms with Crippen molar-refractivity contribution in [3.05, 3.63) is 46.0 Å². The van der Waals surface area contributed by atoms with Gasteiger partial charge in [0.1, 0.15) is 11.0 Å². The molecule has 1 aromatic heterocycles. The molecule has 1 aromatic carbocycles. The highest BCUT2D eigenvalue weighted by atomic mass is 35.5. The third-order valence-electron chi connectivity index (χ3n) is 3.50. The average Bonchev–Trinajstić information content (AvgIpc) is 2.43. The van der Waals surface area contributed by atoms with E-state index in [1.807, 2.05) is 6.92 Å². The highest BCUT2D eigenvalue weighted by molar-refractivity contribution is 6.30. The minimum absolute atomic E-state index is 0.326. The monoisotopic (exact) mass is 291 g/mol. The van der Waals surface area contributed by atoms with Crippen molar-refractivity contribution in [3.63, 3.8) is 0 Å². The molecule has 3 rings (SSSR count). The first-order chi connectivity index (χ1) is 9.63. The summed E-state index contributed by atoms with van der Waals surface area (Å²) in [5.74, 6) is 0.0354. The summed E-state index contributed by atoms with van der Waals surface area (Å²) in [6.45, 7) is 1.91. The molecule has 1 aliphatic rings. The molecule has 0 aliphatic heterocycles. The van der Waals surface area contributed by atoms with Gasteiger partial charge in [-0.3, -0.25) is 0 Å². The Bertz CT molecular complexity index is 658. The second-order valence-electron chi connectivity index (χ2n) is 5.08. The minimum Gasteiger partial charge on any atom is -0.322 e. The van der Waals surface area contributed by atoms with Crippen LogP contribution in [0.25, 0.3) is 0 Å². The third-order valence-corrected chi connectivity index (χ3v) is 3.81. The topological polar surface area (TPSA) is 37.8 Å². The minimum atomic E-state index is -0.326. The van der Waals surface area contributed by atoms with Crippen LogP contribution in [0.2, 0.25) is 5.15 Å². The Morgan fingerprint density at radius 2 is 2.00 bits per heavy atom. The van der Waals surface area contributed by atoms with E-state index in [2.05, 4.69) is 15.3 Å². The lowest BCUT2D eigenvalue weighted by atomic mass is 9.97. The molecule has 0 unspecified atom stereocenters. The van der Waals surface area contributed by atoms with E-state index in [1.165, 1.54) is 6.07 Å². The fourth-order valence-corrected chi connectivity index (χ4v) is 2.74. The van der Waals surface area contributed by atoms with Crippen LogP contribution in [0.3, 0.4) is 0 Å². The third kappa shape index (κ3) is 2.61. The fraction of sp³-hybridized carbons (Fsp3) is 0.333. The number of benzene rings is 1. The van der Waals surface area contributed by atoms with Crippen molar-refractivity contribution in [1.29, 1.82) is 0 Å². The normalized spacial score (nSPS) is 13.9. The van der Waals surface area contributed by atoms with E-state index in [0.29, 0.717) is 16.8 Å². The molecule has 20 heavy (non-hydrogen) atoms. The van der Waals surface area contributed by atoms with Gasteiger partial charge in [-0.05, 0) is 50.3 Å². The van der Waals surface area contributed by atoms with Gasteiger partial charge in [-0.15, -0.1) is 0 Å². The lowest BCUT2D eigenvalue weighted by Gasteiger charge is -2.17. The Hall–Kier alpha value is -1.68. The number of nitrogens with zero attached hydrogens (tertiary/aromatic N) is 2. The van der Waals surface area contributed by atoms with Gasteiger partial charge < -0.3 is 5.32 Å². The Morgan fingerprint density at radius 1 is 1.20 bits per heavy atom. The van der Waals surface area contributed by atoms with E-state index in [9.17, 15) is 4.39 Å². The summed E-state index contributed by atoms with van der Waals surface area (Å²) < 4.78 is 13.7. The SMILES string of the molecule is Cc1ccc(F)c(Nc2nc(Cl)c3c(n2)CCCC3)c1. The summed E-state index contributed by atoms with van der Waals surface area (Å²) in [4.78, 5) is 8.70. The van der Waals surface area contributed by atoms with Gasteiger partial charge in [-0.1, -0.05) is 17.7 Å². The fourth-order valence-electron chi connectivity index (χ4n) is 2.46. The van der Waals surface area contributed by atoms with E-state index in [1.54, 1.807) is 12.1 Å². The summed E-state index contributed by atoms with van der Waals surface area (Å²) >= 11 is 6.20. The standard InChI is InChI=1S/C15H15ClFN3/c1-9-6-7-11(17)13(8-9)19-15-18-12-5-3-2-4-10(12)14(16)20-15/h6-8H,2-5H2,1H3,(H,18,19,20). The van der Waals surface area contributed by atoms with Gasteiger partial charge in [-0.25, -0.2) is 14.4 Å². The number of fused-ring (bicyclic) bond motifs is 1. The van der Waals surface area contributed by atoms with Crippen molar-refractivity contribution in [2.75, 3.05) is 5.32 Å². The lowest BCUT2D eigenvalue weighted by molar-refractivity contribution is 0.630. The maximum atomic E-state index is 13.7. The van der Waals surface area contributed by atoms with Gasteiger partial charge in [0, 0.05) is 5.56 Å². The Kier molecular flexibility index (Phi) is 3.57. The smallest absolute Gasteiger partial charge is 0.228 e. The molecule has 0 fully saturated rings. The number of nitrogens with one attached hydrogen (secondary N) is 1. The molecule has 1 aliphatic carbocycles. The first kappa shape index (κ1) is 13.3. The number of hydrogen-bond donors (Lipinski definition) is 1. The molecule has 1 heterocycles. The quantitative estimate of drug-likeness (QED) is 0.843. The van der Waals surface area contributed by atoms with E-state index in [4.69, 9.17) is 11.6 Å². The number of aryl methyl sites for hydroxylation is 2. The van der Waals surface area contributed by atoms with Crippen LogP contribution in [-0.2, 0) is 12.8 Å². The zero-order chi connectivity index (χ0) is 14.1. The average molecular weight is 292 g/mol. The molecule has 5 heteroatoms. The van der Waals surface area contributed by atoms with Crippen molar-refractivity contribution in [3.8, 4) is 0 Å². The van der Waals surface area contributed by atoms with E-state index >= 15 is 0 Å². The molecule has 104 valence electrons. The number of rotatable bonds is 2. The highest BCUT2D eigenvalue weighted by Crippen LogP contribution is 2.28. The van der Waals surface area contributed by atoms with Gasteiger partial charge in [-0.2, -0.15) is 0 Å². The van der Waals surface area contributed by atoms with Gasteiger partial charge >= 0.3 is 0 Å². The zero-order valence-electron chi connectivity index (χ0n) is 11.2. The molecule has 0 saturated carbocycles. The van der Waals surface area contributed by atoms with Gasteiger partial charge in [0.25, 0.3) is 0 Å². The summed E-state index contributed by atoms with van der Waals surface area (Å²) in [6.07, 6.45) is 4.06. The maximum Gasteiger partial charge on any atom is 0.228 e. The second kappa shape index (κ2) is 5.37. The van der Waals surface area contributed by atoms with Crippen LogP contribution in [-0.4, -0.2) is 9.97 Å². The Labute approximate surface area is 122 Å². The van der Waals surface area contributed by atoms with Crippen LogP contribution in [0.15, 0.2) is 18.2 Å². The number of anilines is 2. The predicted molar refractivity (Wildman–Crippen MR) is 78.1 cm³/mol. The molecule has 3 nitrogen and oxygen atoms in total. The predicted octanol–water partition coefficient (Wildman–Crippen LogP) is 4.20. The Balaban J connectivity index is 1.95. The van der Waals surface area contributed by atoms with Gasteiger partial charge in [0.05, 0.1) is 11.4 Å². The molecule has 0 saturated heterocycles. The van der Waals surface area contributed by atoms with Crippen LogP contribution in [0, 0.1) is 12.7 Å². The van der Waals surface area contributed by atoms with Crippen molar-refractivity contribution in [2.24, 2.45) is 0 Å². The molecule has 0 bridgehead atoms. The molecular formula is C15H15ClFN3. The maximum absolute atomic E-state index is 13.7. The van der Waals surface area contributed by atoms with Crippen molar-refractivity contribution < 1.29 is 4.39 Å². The molecule has 0 atom stereocenters. The van der Waals surface area contributed by atoms with E-state index < -0.39 is 0 Å². The van der Waals surface area contributed by atoms with Crippen molar-refractivity contribution >= 4 is 23.2 Å². The number of hydrogen-bond acceptors (Lipinski definition) is 3. The van der Waals surface area contributed by atoms with Gasteiger partial charge in [0.2, 0.25) is 5.95 Å². The van der Waals surface area contributed by atoms with Crippen LogP contribution in [0.4, 0.5) is 16.0 Å².